The van der Waals surface area contributed by atoms with Crippen molar-refractivity contribution in [3.63, 3.8) is 0 Å². The van der Waals surface area contributed by atoms with Gasteiger partial charge in [0.15, 0.2) is 0 Å². The lowest BCUT2D eigenvalue weighted by atomic mass is 9.94. The molecule has 1 unspecified atom stereocenters. The molecule has 1 atom stereocenters. The van der Waals surface area contributed by atoms with E-state index in [4.69, 9.17) is 4.74 Å². The topological polar surface area (TPSA) is 21.3 Å². The highest BCUT2D eigenvalue weighted by atomic mass is 32.1. The molecule has 0 amide bonds. The van der Waals surface area contributed by atoms with Gasteiger partial charge in [-0.25, -0.2) is 0 Å². The lowest BCUT2D eigenvalue weighted by molar-refractivity contribution is 0.144. The van der Waals surface area contributed by atoms with E-state index in [-0.39, 0.29) is 0 Å². The van der Waals surface area contributed by atoms with Gasteiger partial charge in [-0.3, -0.25) is 0 Å². The molecule has 2 rings (SSSR count). The quantitative estimate of drug-likeness (QED) is 0.770. The zero-order chi connectivity index (χ0) is 11.2. The number of rotatable bonds is 6. The van der Waals surface area contributed by atoms with E-state index in [1.54, 1.807) is 10.4 Å². The first-order valence-electron chi connectivity index (χ1n) is 6.29. The van der Waals surface area contributed by atoms with E-state index in [0.717, 1.165) is 26.2 Å². The number of fused-ring (bicyclic) bond motifs is 1. The maximum Gasteiger partial charge on any atom is 0.0477 e. The smallest absolute Gasteiger partial charge is 0.0477 e. The molecule has 1 heterocycles. The van der Waals surface area contributed by atoms with Crippen molar-refractivity contribution < 1.29 is 4.74 Å². The summed E-state index contributed by atoms with van der Waals surface area (Å²) in [6.07, 6.45) is 5.02. The molecule has 1 N–H and O–H groups in total. The molecule has 0 aromatic carbocycles. The summed E-state index contributed by atoms with van der Waals surface area (Å²) < 4.78 is 5.34. The van der Waals surface area contributed by atoms with Crippen molar-refractivity contribution >= 4 is 11.3 Å². The van der Waals surface area contributed by atoms with E-state index < -0.39 is 0 Å². The van der Waals surface area contributed by atoms with Gasteiger partial charge in [0.25, 0.3) is 0 Å². The minimum Gasteiger partial charge on any atom is -0.382 e. The van der Waals surface area contributed by atoms with Gasteiger partial charge in [0.2, 0.25) is 0 Å². The van der Waals surface area contributed by atoms with Crippen LogP contribution in [0.5, 0.6) is 0 Å². The molecule has 0 aliphatic heterocycles. The Labute approximate surface area is 102 Å². The molecule has 0 saturated carbocycles. The highest BCUT2D eigenvalue weighted by Crippen LogP contribution is 2.32. The van der Waals surface area contributed by atoms with Crippen molar-refractivity contribution in [3.05, 3.63) is 21.9 Å². The van der Waals surface area contributed by atoms with Gasteiger partial charge in [0, 0.05) is 24.1 Å². The van der Waals surface area contributed by atoms with Gasteiger partial charge in [-0.15, -0.1) is 11.3 Å². The molecule has 0 radical (unpaired) electrons. The highest BCUT2D eigenvalue weighted by molar-refractivity contribution is 7.10. The van der Waals surface area contributed by atoms with Crippen LogP contribution in [0.4, 0.5) is 0 Å². The summed E-state index contributed by atoms with van der Waals surface area (Å²) in [5.74, 6) is 0. The molecule has 0 saturated heterocycles. The van der Waals surface area contributed by atoms with Crippen molar-refractivity contribution in [2.24, 2.45) is 0 Å². The summed E-state index contributed by atoms with van der Waals surface area (Å²) in [6, 6.07) is 2.89. The van der Waals surface area contributed by atoms with Crippen LogP contribution in [0.25, 0.3) is 0 Å². The van der Waals surface area contributed by atoms with Crippen molar-refractivity contribution in [1.82, 2.24) is 5.32 Å². The third-order valence-electron chi connectivity index (χ3n) is 3.11. The van der Waals surface area contributed by atoms with Crippen LogP contribution < -0.4 is 5.32 Å². The maximum atomic E-state index is 5.34. The Bertz CT molecular complexity index is 311. The summed E-state index contributed by atoms with van der Waals surface area (Å²) in [4.78, 5) is 1.59. The summed E-state index contributed by atoms with van der Waals surface area (Å²) in [6.45, 7) is 4.83. The normalized spacial score (nSPS) is 19.7. The molecular weight excluding hydrogens is 218 g/mol. The fourth-order valence-electron chi connectivity index (χ4n) is 2.29. The van der Waals surface area contributed by atoms with Crippen LogP contribution in [0.3, 0.4) is 0 Å². The number of aryl methyl sites for hydroxylation is 1. The molecule has 90 valence electrons. The van der Waals surface area contributed by atoms with Gasteiger partial charge in [-0.05, 0) is 56.2 Å². The fraction of sp³-hybridized carbons (Fsp3) is 0.692. The van der Waals surface area contributed by atoms with Crippen molar-refractivity contribution in [2.45, 2.75) is 38.6 Å². The van der Waals surface area contributed by atoms with Crippen LogP contribution >= 0.6 is 11.3 Å². The molecular formula is C13H21NOS. The number of hydrogen-bond acceptors (Lipinski definition) is 3. The monoisotopic (exact) mass is 239 g/mol. The van der Waals surface area contributed by atoms with Gasteiger partial charge >= 0.3 is 0 Å². The van der Waals surface area contributed by atoms with Gasteiger partial charge in [0.1, 0.15) is 0 Å². The van der Waals surface area contributed by atoms with Crippen LogP contribution in [0.15, 0.2) is 11.4 Å². The average Bonchev–Trinajstić information content (AvgIpc) is 2.77. The summed E-state index contributed by atoms with van der Waals surface area (Å²) in [5, 5.41) is 5.88. The Morgan fingerprint density at radius 1 is 1.56 bits per heavy atom. The second kappa shape index (κ2) is 6.38. The van der Waals surface area contributed by atoms with Crippen LogP contribution in [-0.2, 0) is 11.2 Å². The summed E-state index contributed by atoms with van der Waals surface area (Å²) in [7, 11) is 0. The van der Waals surface area contributed by atoms with E-state index in [1.807, 2.05) is 18.3 Å². The molecule has 2 nitrogen and oxygen atoms in total. The number of hydrogen-bond donors (Lipinski definition) is 1. The molecule has 1 aromatic rings. The van der Waals surface area contributed by atoms with Crippen LogP contribution in [0.2, 0.25) is 0 Å². The lowest BCUT2D eigenvalue weighted by Gasteiger charge is -2.23. The third kappa shape index (κ3) is 3.06. The molecule has 16 heavy (non-hydrogen) atoms. The predicted octanol–water partition coefficient (Wildman–Crippen LogP) is 3.14. The molecule has 1 aromatic heterocycles. The highest BCUT2D eigenvalue weighted by Gasteiger charge is 2.19. The second-order valence-electron chi connectivity index (χ2n) is 4.25. The van der Waals surface area contributed by atoms with Gasteiger partial charge in [-0.2, -0.15) is 0 Å². The van der Waals surface area contributed by atoms with Gasteiger partial charge < -0.3 is 10.1 Å². The first kappa shape index (κ1) is 12.1. The number of thiophene rings is 1. The second-order valence-corrected chi connectivity index (χ2v) is 5.25. The third-order valence-corrected chi connectivity index (χ3v) is 4.11. The van der Waals surface area contributed by atoms with Crippen molar-refractivity contribution in [2.75, 3.05) is 19.8 Å². The van der Waals surface area contributed by atoms with E-state index in [0.29, 0.717) is 6.04 Å². The zero-order valence-corrected chi connectivity index (χ0v) is 10.8. The average molecular weight is 239 g/mol. The van der Waals surface area contributed by atoms with Crippen LogP contribution in [0.1, 0.15) is 42.7 Å². The molecule has 1 aliphatic carbocycles. The molecule has 0 bridgehead atoms. The zero-order valence-electron chi connectivity index (χ0n) is 10.00. The number of nitrogens with one attached hydrogen (secondary N) is 1. The first-order valence-corrected chi connectivity index (χ1v) is 7.17. The van der Waals surface area contributed by atoms with E-state index in [9.17, 15) is 0 Å². The number of ether oxygens (including phenoxy) is 1. The van der Waals surface area contributed by atoms with Gasteiger partial charge in [-0.1, -0.05) is 0 Å². The van der Waals surface area contributed by atoms with Crippen molar-refractivity contribution in [1.29, 1.82) is 0 Å². The summed E-state index contributed by atoms with van der Waals surface area (Å²) in [5.41, 5.74) is 1.55. The fourth-order valence-corrected chi connectivity index (χ4v) is 3.28. The Morgan fingerprint density at radius 2 is 2.50 bits per heavy atom. The van der Waals surface area contributed by atoms with Crippen molar-refractivity contribution in [3.8, 4) is 0 Å². The van der Waals surface area contributed by atoms with E-state index in [1.165, 1.54) is 19.3 Å². The first-order chi connectivity index (χ1) is 7.92. The Morgan fingerprint density at radius 3 is 3.38 bits per heavy atom. The largest absolute Gasteiger partial charge is 0.382 e. The van der Waals surface area contributed by atoms with Gasteiger partial charge in [0.05, 0.1) is 0 Å². The molecule has 0 fully saturated rings. The van der Waals surface area contributed by atoms with E-state index >= 15 is 0 Å². The summed E-state index contributed by atoms with van der Waals surface area (Å²) >= 11 is 1.91. The van der Waals surface area contributed by atoms with Crippen LogP contribution in [0, 0.1) is 0 Å². The SMILES string of the molecule is CCOCCCNC1CCCc2sccc21. The minimum atomic E-state index is 0.594. The Kier molecular flexibility index (Phi) is 4.82. The Hall–Kier alpha value is -0.380. The predicted molar refractivity (Wildman–Crippen MR) is 69.1 cm³/mol. The lowest BCUT2D eigenvalue weighted by Crippen LogP contribution is -2.25. The standard InChI is InChI=1S/C13H21NOS/c1-2-15-9-4-8-14-12-5-3-6-13-11(12)7-10-16-13/h7,10,12,14H,2-6,8-9H2,1H3. The molecule has 0 spiro atoms. The maximum absolute atomic E-state index is 5.34. The minimum absolute atomic E-state index is 0.594. The Balaban J connectivity index is 1.75. The van der Waals surface area contributed by atoms with E-state index in [2.05, 4.69) is 16.8 Å². The molecule has 1 aliphatic rings. The van der Waals surface area contributed by atoms with Crippen LogP contribution in [-0.4, -0.2) is 19.8 Å². The molecule has 3 heteroatoms.